The molecule has 1 atom stereocenters. The Morgan fingerprint density at radius 1 is 1.00 bits per heavy atom. The van der Waals surface area contributed by atoms with E-state index in [1.54, 1.807) is 20.2 Å². The number of pyridine rings is 2. The highest BCUT2D eigenvalue weighted by atomic mass is 35.5. The lowest BCUT2D eigenvalue weighted by Crippen LogP contribution is -2.72. The fraction of sp³-hybridized carbons (Fsp3) is 0.375. The van der Waals surface area contributed by atoms with E-state index >= 15 is 0 Å². The Labute approximate surface area is 318 Å². The Morgan fingerprint density at radius 3 is 2.55 bits per heavy atom. The lowest BCUT2D eigenvalue weighted by Gasteiger charge is -2.60. The lowest BCUT2D eigenvalue weighted by molar-refractivity contribution is -0.157. The predicted molar refractivity (Wildman–Crippen MR) is 204 cm³/mol. The number of nitrogens with zero attached hydrogens (tertiary/aromatic N) is 5. The van der Waals surface area contributed by atoms with Crippen molar-refractivity contribution in [2.75, 3.05) is 52.9 Å². The highest BCUT2D eigenvalue weighted by Crippen LogP contribution is 2.43. The topological polar surface area (TPSA) is 120 Å². The van der Waals surface area contributed by atoms with Gasteiger partial charge in [-0.1, -0.05) is 53.5 Å². The van der Waals surface area contributed by atoms with Crippen LogP contribution in [0.1, 0.15) is 41.3 Å². The molecular weight excluding hydrogens is 713 g/mol. The van der Waals surface area contributed by atoms with Crippen LogP contribution in [-0.4, -0.2) is 101 Å². The van der Waals surface area contributed by atoms with Crippen molar-refractivity contribution in [1.29, 1.82) is 0 Å². The summed E-state index contributed by atoms with van der Waals surface area (Å²) in [6, 6.07) is 17.6. The maximum Gasteiger partial charge on any atom is 0.254 e. The maximum atomic E-state index is 13.2. The van der Waals surface area contributed by atoms with Crippen LogP contribution >= 0.6 is 23.2 Å². The van der Waals surface area contributed by atoms with E-state index in [9.17, 15) is 14.4 Å². The van der Waals surface area contributed by atoms with Gasteiger partial charge in [0.15, 0.2) is 0 Å². The number of nitrogens with one attached hydrogen (secondary N) is 2. The number of ether oxygens (including phenoxy) is 1. The maximum absolute atomic E-state index is 13.2. The largest absolute Gasteiger partial charge is 0.481 e. The number of rotatable bonds is 11. The van der Waals surface area contributed by atoms with Crippen molar-refractivity contribution in [3.05, 3.63) is 87.5 Å². The normalized spacial score (nSPS) is 18.9. The molecule has 4 aromatic rings. The van der Waals surface area contributed by atoms with Crippen molar-refractivity contribution in [3.63, 3.8) is 0 Å². The highest BCUT2D eigenvalue weighted by Gasteiger charge is 2.52. The summed E-state index contributed by atoms with van der Waals surface area (Å²) >= 11 is 14.2. The molecule has 13 heteroatoms. The van der Waals surface area contributed by atoms with E-state index in [-0.39, 0.29) is 29.2 Å². The second kappa shape index (κ2) is 14.4. The van der Waals surface area contributed by atoms with Crippen LogP contribution in [0.2, 0.25) is 10.0 Å². The quantitative estimate of drug-likeness (QED) is 0.199. The zero-order valence-electron chi connectivity index (χ0n) is 29.8. The predicted octanol–water partition coefficient (Wildman–Crippen LogP) is 5.28. The second-order valence-electron chi connectivity index (χ2n) is 14.7. The number of hydrogen-bond donors (Lipinski definition) is 2. The fourth-order valence-electron chi connectivity index (χ4n) is 8.18. The summed E-state index contributed by atoms with van der Waals surface area (Å²) in [6.45, 7) is 8.33. The molecule has 2 aromatic carbocycles. The van der Waals surface area contributed by atoms with Gasteiger partial charge in [0.1, 0.15) is 0 Å². The standard InChI is InChI=1S/C40H41Cl2N7O4/c1-24(50)49-22-40(23-49)20-47(21-40)18-26-7-10-33(46-38(26)53-2)32-5-3-4-30(35(32)41)31-12-13-44-37(36(31)42)25-6-9-29-27(16-25)19-48(39(29)52)15-14-43-17-28-8-11-34(51)45-28/h3-7,9-10,12-13,16,28,43H,8,11,14-15,17-23H2,1-2H3,(H,45,51)/t28-/m1/s1. The van der Waals surface area contributed by atoms with Crippen LogP contribution in [0.25, 0.3) is 33.6 Å². The highest BCUT2D eigenvalue weighted by molar-refractivity contribution is 6.39. The van der Waals surface area contributed by atoms with E-state index in [4.69, 9.17) is 32.9 Å². The molecule has 0 saturated carbocycles. The zero-order chi connectivity index (χ0) is 36.9. The van der Waals surface area contributed by atoms with Crippen LogP contribution in [0.4, 0.5) is 0 Å². The molecule has 11 nitrogen and oxygen atoms in total. The Hall–Kier alpha value is -4.55. The first-order valence-corrected chi connectivity index (χ1v) is 18.8. The smallest absolute Gasteiger partial charge is 0.254 e. The molecule has 6 heterocycles. The first-order valence-electron chi connectivity index (χ1n) is 18.0. The lowest BCUT2D eigenvalue weighted by atomic mass is 9.72. The Morgan fingerprint density at radius 2 is 1.79 bits per heavy atom. The van der Waals surface area contributed by atoms with Gasteiger partial charge in [0, 0.05) is 123 Å². The van der Waals surface area contributed by atoms with Crippen LogP contribution in [0, 0.1) is 5.41 Å². The van der Waals surface area contributed by atoms with Gasteiger partial charge in [-0.15, -0.1) is 0 Å². The molecule has 2 aromatic heterocycles. The number of amides is 3. The van der Waals surface area contributed by atoms with Gasteiger partial charge in [-0.3, -0.25) is 24.3 Å². The third kappa shape index (κ3) is 6.87. The van der Waals surface area contributed by atoms with Crippen molar-refractivity contribution in [1.82, 2.24) is 35.3 Å². The second-order valence-corrected chi connectivity index (χ2v) is 15.4. The summed E-state index contributed by atoms with van der Waals surface area (Å²) in [6.07, 6.45) is 3.13. The molecule has 1 spiro atoms. The number of carbonyl (C=O) groups excluding carboxylic acids is 3. The van der Waals surface area contributed by atoms with Gasteiger partial charge in [0.25, 0.3) is 5.91 Å². The van der Waals surface area contributed by atoms with E-state index in [1.165, 1.54) is 0 Å². The van der Waals surface area contributed by atoms with E-state index < -0.39 is 0 Å². The summed E-state index contributed by atoms with van der Waals surface area (Å²) in [4.78, 5) is 51.9. The van der Waals surface area contributed by atoms with Gasteiger partial charge in [0.2, 0.25) is 17.7 Å². The first kappa shape index (κ1) is 35.5. The van der Waals surface area contributed by atoms with E-state index in [1.807, 2.05) is 64.4 Å². The molecule has 0 bridgehead atoms. The number of methoxy groups -OCH3 is 1. The Balaban J connectivity index is 0.961. The number of aromatic nitrogens is 2. The number of carbonyl (C=O) groups is 3. The van der Waals surface area contributed by atoms with E-state index in [2.05, 4.69) is 20.5 Å². The van der Waals surface area contributed by atoms with Crippen molar-refractivity contribution in [2.24, 2.45) is 5.41 Å². The van der Waals surface area contributed by atoms with E-state index in [0.717, 1.165) is 72.5 Å². The molecule has 2 N–H and O–H groups in total. The van der Waals surface area contributed by atoms with Gasteiger partial charge in [-0.2, -0.15) is 0 Å². The zero-order valence-corrected chi connectivity index (χ0v) is 31.3. The average Bonchev–Trinajstić information content (AvgIpc) is 3.68. The Bertz CT molecular complexity index is 2110. The molecule has 3 amide bonds. The van der Waals surface area contributed by atoms with E-state index in [0.29, 0.717) is 65.5 Å². The third-order valence-corrected chi connectivity index (χ3v) is 11.7. The minimum Gasteiger partial charge on any atom is -0.481 e. The van der Waals surface area contributed by atoms with Crippen molar-refractivity contribution < 1.29 is 19.1 Å². The van der Waals surface area contributed by atoms with Crippen LogP contribution < -0.4 is 15.4 Å². The number of halogens is 2. The minimum absolute atomic E-state index is 0.00186. The molecule has 3 saturated heterocycles. The van der Waals surface area contributed by atoms with Crippen LogP contribution in [0.5, 0.6) is 5.88 Å². The molecule has 274 valence electrons. The third-order valence-electron chi connectivity index (χ3n) is 10.9. The fourth-order valence-corrected chi connectivity index (χ4v) is 8.83. The van der Waals surface area contributed by atoms with Crippen molar-refractivity contribution in [3.8, 4) is 39.5 Å². The van der Waals surface area contributed by atoms with Gasteiger partial charge < -0.3 is 25.2 Å². The van der Waals surface area contributed by atoms with Crippen LogP contribution in [0.3, 0.4) is 0 Å². The minimum atomic E-state index is 0.00186. The summed E-state index contributed by atoms with van der Waals surface area (Å²) in [5.41, 5.74) is 7.18. The summed E-state index contributed by atoms with van der Waals surface area (Å²) in [7, 11) is 1.63. The SMILES string of the molecule is COc1nc(-c2cccc(-c3ccnc(-c4ccc5c(c4)CN(CCNC[C@H]4CCC(=O)N4)C5=O)c3Cl)c2Cl)ccc1CN1CC2(C1)CN(C(C)=O)C2. The van der Waals surface area contributed by atoms with Gasteiger partial charge in [0.05, 0.1) is 28.5 Å². The van der Waals surface area contributed by atoms with Crippen LogP contribution in [-0.2, 0) is 22.7 Å². The number of likely N-dealkylation sites (tertiary alicyclic amines) is 2. The summed E-state index contributed by atoms with van der Waals surface area (Å²) in [5.74, 6) is 0.795. The van der Waals surface area contributed by atoms with Gasteiger partial charge in [-0.25, -0.2) is 4.98 Å². The van der Waals surface area contributed by atoms with Crippen LogP contribution in [0.15, 0.2) is 60.8 Å². The summed E-state index contributed by atoms with van der Waals surface area (Å²) in [5, 5.41) is 7.30. The number of hydrogen-bond acceptors (Lipinski definition) is 8. The molecule has 3 fully saturated rings. The van der Waals surface area contributed by atoms with Gasteiger partial charge in [-0.05, 0) is 36.2 Å². The Kier molecular flexibility index (Phi) is 9.61. The molecule has 0 unspecified atom stereocenters. The number of benzene rings is 2. The molecule has 4 aliphatic rings. The monoisotopic (exact) mass is 753 g/mol. The molecular formula is C40H41Cl2N7O4. The average molecular weight is 755 g/mol. The summed E-state index contributed by atoms with van der Waals surface area (Å²) < 4.78 is 5.75. The molecule has 0 aliphatic carbocycles. The number of fused-ring (bicyclic) bond motifs is 1. The molecule has 53 heavy (non-hydrogen) atoms. The van der Waals surface area contributed by atoms with Crippen molar-refractivity contribution in [2.45, 2.75) is 38.9 Å². The van der Waals surface area contributed by atoms with Gasteiger partial charge >= 0.3 is 0 Å². The molecule has 0 radical (unpaired) electrons. The first-order chi connectivity index (χ1) is 25.6. The molecule has 8 rings (SSSR count). The molecule has 4 aliphatic heterocycles. The van der Waals surface area contributed by atoms with Crippen molar-refractivity contribution >= 4 is 40.9 Å².